The summed E-state index contributed by atoms with van der Waals surface area (Å²) in [7, 11) is 0. The van der Waals surface area contributed by atoms with Gasteiger partial charge in [0, 0.05) is 11.6 Å². The number of carbonyl (C=O) groups excluding carboxylic acids is 1. The maximum Gasteiger partial charge on any atom is 0.236 e. The number of thiazole rings is 1. The van der Waals surface area contributed by atoms with Crippen molar-refractivity contribution in [3.63, 3.8) is 0 Å². The summed E-state index contributed by atoms with van der Waals surface area (Å²) in [5, 5.41) is 9.84. The summed E-state index contributed by atoms with van der Waals surface area (Å²) in [5.41, 5.74) is 2.99. The van der Waals surface area contributed by atoms with Gasteiger partial charge in [-0.15, -0.1) is 23.1 Å². The van der Waals surface area contributed by atoms with Crippen LogP contribution in [0.2, 0.25) is 0 Å². The van der Waals surface area contributed by atoms with Gasteiger partial charge in [-0.3, -0.25) is 4.79 Å². The number of benzene rings is 1. The van der Waals surface area contributed by atoms with E-state index in [1.165, 1.54) is 23.1 Å². The summed E-state index contributed by atoms with van der Waals surface area (Å²) < 4.78 is 1.91. The largest absolute Gasteiger partial charge is 0.301 e. The van der Waals surface area contributed by atoms with Gasteiger partial charge in [0.25, 0.3) is 0 Å². The maximum atomic E-state index is 12.0. The zero-order valence-electron chi connectivity index (χ0n) is 12.8. The minimum atomic E-state index is -0.0591. The number of rotatable bonds is 5. The highest BCUT2D eigenvalue weighted by atomic mass is 32.2. The number of aryl methyl sites for hydroxylation is 1. The first-order chi connectivity index (χ1) is 11.1. The molecule has 0 aliphatic heterocycles. The number of carbonyl (C=O) groups is 1. The van der Waals surface area contributed by atoms with Crippen molar-refractivity contribution in [3.8, 4) is 5.69 Å². The van der Waals surface area contributed by atoms with Crippen molar-refractivity contribution in [1.82, 2.24) is 14.8 Å². The summed E-state index contributed by atoms with van der Waals surface area (Å²) in [4.78, 5) is 17.1. The molecule has 5 nitrogen and oxygen atoms in total. The monoisotopic (exact) mass is 344 g/mol. The second kappa shape index (κ2) is 6.97. The van der Waals surface area contributed by atoms with E-state index in [-0.39, 0.29) is 5.91 Å². The minimum Gasteiger partial charge on any atom is -0.301 e. The van der Waals surface area contributed by atoms with Crippen LogP contribution in [0.1, 0.15) is 11.4 Å². The smallest absolute Gasteiger partial charge is 0.236 e. The van der Waals surface area contributed by atoms with E-state index in [1.54, 1.807) is 6.20 Å². The number of amides is 1. The lowest BCUT2D eigenvalue weighted by molar-refractivity contribution is -0.113. The molecule has 0 bridgehead atoms. The Hall–Kier alpha value is -2.12. The molecule has 1 N–H and O–H groups in total. The molecular weight excluding hydrogens is 328 g/mol. The molecular formula is C16H16N4OS2. The number of para-hydroxylation sites is 1. The predicted molar refractivity (Wildman–Crippen MR) is 94.5 cm³/mol. The Kier molecular flexibility index (Phi) is 4.78. The first kappa shape index (κ1) is 15.8. The third-order valence-corrected chi connectivity index (χ3v) is 5.23. The van der Waals surface area contributed by atoms with Gasteiger partial charge in [0.2, 0.25) is 5.91 Å². The van der Waals surface area contributed by atoms with Crippen molar-refractivity contribution < 1.29 is 4.79 Å². The van der Waals surface area contributed by atoms with Gasteiger partial charge in [-0.25, -0.2) is 9.67 Å². The van der Waals surface area contributed by atoms with E-state index in [4.69, 9.17) is 0 Å². The summed E-state index contributed by atoms with van der Waals surface area (Å²) in [6.07, 6.45) is 1.67. The topological polar surface area (TPSA) is 59.8 Å². The second-order valence-electron chi connectivity index (χ2n) is 4.92. The molecule has 0 saturated heterocycles. The minimum absolute atomic E-state index is 0.0591. The molecule has 0 saturated carbocycles. The van der Waals surface area contributed by atoms with Gasteiger partial charge in [0.1, 0.15) is 0 Å². The van der Waals surface area contributed by atoms with Crippen LogP contribution in [0.15, 0.2) is 46.8 Å². The van der Waals surface area contributed by atoms with E-state index in [9.17, 15) is 4.79 Å². The Morgan fingerprint density at radius 1 is 1.30 bits per heavy atom. The molecule has 1 amide bonds. The SMILES string of the molecule is Cc1nn(-c2ccccc2)c(C)c1SCC(=O)Nc1nccs1. The van der Waals surface area contributed by atoms with E-state index in [1.807, 2.05) is 54.2 Å². The van der Waals surface area contributed by atoms with E-state index < -0.39 is 0 Å². The van der Waals surface area contributed by atoms with Crippen LogP contribution in [0.25, 0.3) is 5.69 Å². The average molecular weight is 344 g/mol. The molecule has 0 radical (unpaired) electrons. The maximum absolute atomic E-state index is 12.0. The molecule has 7 heteroatoms. The molecule has 23 heavy (non-hydrogen) atoms. The summed E-state index contributed by atoms with van der Waals surface area (Å²) >= 11 is 2.91. The highest BCUT2D eigenvalue weighted by Gasteiger charge is 2.15. The molecule has 0 aliphatic carbocycles. The number of hydrogen-bond donors (Lipinski definition) is 1. The number of nitrogens with zero attached hydrogens (tertiary/aromatic N) is 3. The van der Waals surface area contributed by atoms with Crippen molar-refractivity contribution in [1.29, 1.82) is 0 Å². The Labute approximate surface area is 142 Å². The molecule has 118 valence electrons. The van der Waals surface area contributed by atoms with Crippen molar-refractivity contribution in [2.45, 2.75) is 18.7 Å². The molecule has 3 rings (SSSR count). The molecule has 0 spiro atoms. The standard InChI is InChI=1S/C16H16N4OS2/c1-11-15(23-10-14(21)18-16-17-8-9-22-16)12(2)20(19-11)13-6-4-3-5-7-13/h3-9H,10H2,1-2H3,(H,17,18,21). The lowest BCUT2D eigenvalue weighted by atomic mass is 10.3. The second-order valence-corrected chi connectivity index (χ2v) is 6.80. The van der Waals surface area contributed by atoms with Crippen molar-refractivity contribution in [3.05, 3.63) is 53.3 Å². The molecule has 3 aromatic rings. The van der Waals surface area contributed by atoms with Gasteiger partial charge in [0.05, 0.1) is 27.7 Å². The van der Waals surface area contributed by atoms with Crippen molar-refractivity contribution >= 4 is 34.1 Å². The lowest BCUT2D eigenvalue weighted by Crippen LogP contribution is -2.13. The predicted octanol–water partition coefficient (Wildman–Crippen LogP) is 3.68. The molecule has 2 aromatic heterocycles. The molecule has 2 heterocycles. The molecule has 0 unspecified atom stereocenters. The highest BCUT2D eigenvalue weighted by molar-refractivity contribution is 8.00. The van der Waals surface area contributed by atoms with E-state index in [2.05, 4.69) is 15.4 Å². The van der Waals surface area contributed by atoms with Gasteiger partial charge in [-0.05, 0) is 26.0 Å². The van der Waals surface area contributed by atoms with Crippen LogP contribution in [-0.4, -0.2) is 26.4 Å². The van der Waals surface area contributed by atoms with E-state index >= 15 is 0 Å². The Balaban J connectivity index is 1.71. The molecule has 1 aromatic carbocycles. The Bertz CT molecular complexity index is 797. The molecule has 0 fully saturated rings. The van der Waals surface area contributed by atoms with E-state index in [0.717, 1.165) is 22.0 Å². The quantitative estimate of drug-likeness (QED) is 0.717. The lowest BCUT2D eigenvalue weighted by Gasteiger charge is -2.05. The number of anilines is 1. The van der Waals surface area contributed by atoms with Crippen LogP contribution in [0.5, 0.6) is 0 Å². The fraction of sp³-hybridized carbons (Fsp3) is 0.188. The third-order valence-electron chi connectivity index (χ3n) is 3.25. The third kappa shape index (κ3) is 3.62. The van der Waals surface area contributed by atoms with Gasteiger partial charge < -0.3 is 5.32 Å². The number of thioether (sulfide) groups is 1. The summed E-state index contributed by atoms with van der Waals surface area (Å²) in [6, 6.07) is 9.99. The van der Waals surface area contributed by atoms with E-state index in [0.29, 0.717) is 10.9 Å². The van der Waals surface area contributed by atoms with Gasteiger partial charge >= 0.3 is 0 Å². The first-order valence-corrected chi connectivity index (χ1v) is 8.95. The average Bonchev–Trinajstić information content (AvgIpc) is 3.15. The molecule has 0 aliphatic rings. The fourth-order valence-corrected chi connectivity index (χ4v) is 3.67. The van der Waals surface area contributed by atoms with Crippen LogP contribution >= 0.6 is 23.1 Å². The molecule has 0 atom stereocenters. The zero-order valence-corrected chi connectivity index (χ0v) is 14.4. The fourth-order valence-electron chi connectivity index (χ4n) is 2.24. The highest BCUT2D eigenvalue weighted by Crippen LogP contribution is 2.28. The van der Waals surface area contributed by atoms with Crippen LogP contribution in [0.3, 0.4) is 0 Å². The van der Waals surface area contributed by atoms with Gasteiger partial charge in [-0.1, -0.05) is 18.2 Å². The summed E-state index contributed by atoms with van der Waals surface area (Å²) in [5.74, 6) is 0.276. The van der Waals surface area contributed by atoms with Crippen LogP contribution in [0.4, 0.5) is 5.13 Å². The van der Waals surface area contributed by atoms with Gasteiger partial charge in [-0.2, -0.15) is 5.10 Å². The van der Waals surface area contributed by atoms with Crippen LogP contribution in [0, 0.1) is 13.8 Å². The Morgan fingerprint density at radius 3 is 2.78 bits per heavy atom. The zero-order chi connectivity index (χ0) is 16.2. The van der Waals surface area contributed by atoms with Crippen LogP contribution in [-0.2, 0) is 4.79 Å². The summed E-state index contributed by atoms with van der Waals surface area (Å²) in [6.45, 7) is 3.99. The number of nitrogens with one attached hydrogen (secondary N) is 1. The normalized spacial score (nSPS) is 10.7. The van der Waals surface area contributed by atoms with Crippen LogP contribution < -0.4 is 5.32 Å². The van der Waals surface area contributed by atoms with Crippen molar-refractivity contribution in [2.75, 3.05) is 11.1 Å². The van der Waals surface area contributed by atoms with Crippen molar-refractivity contribution in [2.24, 2.45) is 0 Å². The first-order valence-electron chi connectivity index (χ1n) is 7.09. The Morgan fingerprint density at radius 2 is 2.09 bits per heavy atom. The number of aromatic nitrogens is 3. The number of hydrogen-bond acceptors (Lipinski definition) is 5. The van der Waals surface area contributed by atoms with Gasteiger partial charge in [0.15, 0.2) is 5.13 Å².